The number of hydrogen-bond acceptors (Lipinski definition) is 6. The average molecular weight is 1000 g/mol. The van der Waals surface area contributed by atoms with Crippen molar-refractivity contribution < 1.29 is 28.6 Å². The number of unbranched alkanes of at least 4 members (excludes halogenated alkanes) is 50. The Kier molecular flexibility index (Phi) is 59.6. The summed E-state index contributed by atoms with van der Waals surface area (Å²) in [5.41, 5.74) is 0. The van der Waals surface area contributed by atoms with E-state index < -0.39 is 6.10 Å². The zero-order chi connectivity index (χ0) is 51.4. The van der Waals surface area contributed by atoms with Crippen LogP contribution in [0.25, 0.3) is 0 Å². The van der Waals surface area contributed by atoms with Crippen LogP contribution in [-0.4, -0.2) is 37.2 Å². The lowest BCUT2D eigenvalue weighted by molar-refractivity contribution is -0.167. The third-order valence-corrected chi connectivity index (χ3v) is 15.1. The second kappa shape index (κ2) is 61.0. The molecule has 1 atom stereocenters. The van der Waals surface area contributed by atoms with Gasteiger partial charge in [-0.3, -0.25) is 14.4 Å². The summed E-state index contributed by atoms with van der Waals surface area (Å²) in [7, 11) is 0. The molecule has 0 spiro atoms. The van der Waals surface area contributed by atoms with Crippen molar-refractivity contribution >= 4 is 17.9 Å². The molecule has 0 heterocycles. The van der Waals surface area contributed by atoms with Crippen LogP contribution in [-0.2, 0) is 28.6 Å². The van der Waals surface area contributed by atoms with E-state index in [1.54, 1.807) is 0 Å². The van der Waals surface area contributed by atoms with Crippen molar-refractivity contribution in [1.29, 1.82) is 0 Å². The molecule has 0 fully saturated rings. The van der Waals surface area contributed by atoms with Crippen molar-refractivity contribution in [3.05, 3.63) is 0 Å². The highest BCUT2D eigenvalue weighted by Gasteiger charge is 2.19. The van der Waals surface area contributed by atoms with Crippen LogP contribution in [0.3, 0.4) is 0 Å². The van der Waals surface area contributed by atoms with E-state index in [9.17, 15) is 14.4 Å². The number of hydrogen-bond donors (Lipinski definition) is 0. The Morgan fingerprint density at radius 3 is 0.563 bits per heavy atom. The van der Waals surface area contributed by atoms with Crippen LogP contribution < -0.4 is 0 Å². The fourth-order valence-electron chi connectivity index (χ4n) is 10.2. The van der Waals surface area contributed by atoms with Crippen LogP contribution in [0.15, 0.2) is 0 Å². The molecule has 0 rings (SSSR count). The summed E-state index contributed by atoms with van der Waals surface area (Å²) in [6.07, 6.45) is 69.6. The van der Waals surface area contributed by atoms with Gasteiger partial charge in [0, 0.05) is 19.3 Å². The summed E-state index contributed by atoms with van der Waals surface area (Å²) in [4.78, 5) is 38.3. The molecule has 0 saturated carbocycles. The Morgan fingerprint density at radius 1 is 0.225 bits per heavy atom. The van der Waals surface area contributed by atoms with Gasteiger partial charge in [0.05, 0.1) is 0 Å². The van der Waals surface area contributed by atoms with Crippen molar-refractivity contribution in [1.82, 2.24) is 0 Å². The van der Waals surface area contributed by atoms with Gasteiger partial charge in [0.2, 0.25) is 0 Å². The zero-order valence-corrected chi connectivity index (χ0v) is 48.5. The van der Waals surface area contributed by atoms with E-state index in [0.29, 0.717) is 19.3 Å². The summed E-state index contributed by atoms with van der Waals surface area (Å²) < 4.78 is 17.0. The van der Waals surface area contributed by atoms with Gasteiger partial charge in [-0.05, 0) is 19.3 Å². The van der Waals surface area contributed by atoms with Crippen LogP contribution in [0.5, 0.6) is 0 Å². The zero-order valence-electron chi connectivity index (χ0n) is 48.5. The summed E-state index contributed by atoms with van der Waals surface area (Å²) in [5, 5.41) is 0. The fraction of sp³-hybridized carbons (Fsp3) is 0.954. The Hall–Kier alpha value is -1.59. The third kappa shape index (κ3) is 59.2. The Balaban J connectivity index is 4.25. The number of carbonyl (C=O) groups excluding carboxylic acids is 3. The quantitative estimate of drug-likeness (QED) is 0.0343. The lowest BCUT2D eigenvalue weighted by Gasteiger charge is -2.18. The second-order valence-corrected chi connectivity index (χ2v) is 22.4. The first kappa shape index (κ1) is 69.4. The number of ether oxygens (including phenoxy) is 3. The van der Waals surface area contributed by atoms with Gasteiger partial charge in [-0.25, -0.2) is 0 Å². The average Bonchev–Trinajstić information content (AvgIpc) is 3.37. The van der Waals surface area contributed by atoms with Gasteiger partial charge in [-0.1, -0.05) is 342 Å². The predicted octanol–water partition coefficient (Wildman–Crippen LogP) is 21.9. The van der Waals surface area contributed by atoms with Gasteiger partial charge in [0.25, 0.3) is 0 Å². The SMILES string of the molecule is CCCCCCCCCCCCCCCCCCCCCCCC(=O)OCC(COC(=O)CCCCCCCCCCCCCCCCC)OC(=O)CCCCCCCCCCCCCCCCCCC. The summed E-state index contributed by atoms with van der Waals surface area (Å²) >= 11 is 0. The first-order valence-corrected chi connectivity index (χ1v) is 32.5. The first-order valence-electron chi connectivity index (χ1n) is 32.5. The second-order valence-electron chi connectivity index (χ2n) is 22.4. The molecule has 6 nitrogen and oxygen atoms in total. The predicted molar refractivity (Wildman–Crippen MR) is 307 cm³/mol. The van der Waals surface area contributed by atoms with E-state index in [1.807, 2.05) is 0 Å². The molecule has 71 heavy (non-hydrogen) atoms. The van der Waals surface area contributed by atoms with Crippen molar-refractivity contribution in [2.75, 3.05) is 13.2 Å². The molecular weight excluding hydrogens is 877 g/mol. The van der Waals surface area contributed by atoms with Crippen molar-refractivity contribution in [3.63, 3.8) is 0 Å². The van der Waals surface area contributed by atoms with Gasteiger partial charge in [-0.15, -0.1) is 0 Å². The number of esters is 3. The molecule has 0 aromatic heterocycles. The molecule has 0 saturated heterocycles. The van der Waals surface area contributed by atoms with Gasteiger partial charge < -0.3 is 14.2 Å². The number of rotatable bonds is 61. The van der Waals surface area contributed by atoms with E-state index in [1.165, 1.54) is 283 Å². The van der Waals surface area contributed by atoms with E-state index in [2.05, 4.69) is 20.8 Å². The molecular formula is C65H126O6. The third-order valence-electron chi connectivity index (χ3n) is 15.1. The van der Waals surface area contributed by atoms with E-state index in [0.717, 1.165) is 57.8 Å². The van der Waals surface area contributed by atoms with Gasteiger partial charge in [0.15, 0.2) is 6.10 Å². The minimum atomic E-state index is -0.762. The maximum absolute atomic E-state index is 12.9. The normalized spacial score (nSPS) is 11.9. The molecule has 0 aliphatic carbocycles. The molecule has 0 N–H and O–H groups in total. The molecule has 0 aliphatic heterocycles. The molecule has 6 heteroatoms. The van der Waals surface area contributed by atoms with Crippen LogP contribution in [0.1, 0.15) is 380 Å². The summed E-state index contributed by atoms with van der Waals surface area (Å²) in [6, 6.07) is 0. The largest absolute Gasteiger partial charge is 0.462 e. The smallest absolute Gasteiger partial charge is 0.306 e. The van der Waals surface area contributed by atoms with E-state index in [4.69, 9.17) is 14.2 Å². The molecule has 0 bridgehead atoms. The molecule has 422 valence electrons. The van der Waals surface area contributed by atoms with Gasteiger partial charge in [-0.2, -0.15) is 0 Å². The summed E-state index contributed by atoms with van der Waals surface area (Å²) in [5.74, 6) is -0.823. The highest BCUT2D eigenvalue weighted by molar-refractivity contribution is 5.71. The monoisotopic (exact) mass is 1000 g/mol. The van der Waals surface area contributed by atoms with Crippen LogP contribution >= 0.6 is 0 Å². The molecule has 0 radical (unpaired) electrons. The number of carbonyl (C=O) groups is 3. The Bertz CT molecular complexity index is 1060. The van der Waals surface area contributed by atoms with Gasteiger partial charge in [0.1, 0.15) is 13.2 Å². The highest BCUT2D eigenvalue weighted by Crippen LogP contribution is 2.19. The molecule has 0 amide bonds. The van der Waals surface area contributed by atoms with Crippen molar-refractivity contribution in [2.45, 2.75) is 386 Å². The minimum Gasteiger partial charge on any atom is -0.462 e. The lowest BCUT2D eigenvalue weighted by atomic mass is 10.0. The van der Waals surface area contributed by atoms with Crippen LogP contribution in [0.4, 0.5) is 0 Å². The fourth-order valence-corrected chi connectivity index (χ4v) is 10.2. The first-order chi connectivity index (χ1) is 35.0. The minimum absolute atomic E-state index is 0.0604. The van der Waals surface area contributed by atoms with E-state index >= 15 is 0 Å². The molecule has 0 aromatic carbocycles. The van der Waals surface area contributed by atoms with Gasteiger partial charge >= 0.3 is 17.9 Å². The topological polar surface area (TPSA) is 78.9 Å². The standard InChI is InChI=1S/C65H126O6/c1-4-7-10-13-16-19-22-25-28-30-31-32-33-35-37-40-43-46-49-52-55-58-64(67)70-61-62(60-69-63(66)57-54-51-48-45-42-39-36-27-24-21-18-15-12-9-6-3)71-65(68)59-56-53-50-47-44-41-38-34-29-26-23-20-17-14-11-8-5-2/h62H,4-61H2,1-3H3. The highest BCUT2D eigenvalue weighted by atomic mass is 16.6. The molecule has 1 unspecified atom stereocenters. The maximum atomic E-state index is 12.9. The van der Waals surface area contributed by atoms with Crippen molar-refractivity contribution in [2.24, 2.45) is 0 Å². The van der Waals surface area contributed by atoms with Crippen molar-refractivity contribution in [3.8, 4) is 0 Å². The summed E-state index contributed by atoms with van der Waals surface area (Å²) in [6.45, 7) is 6.73. The van der Waals surface area contributed by atoms with Crippen LogP contribution in [0, 0.1) is 0 Å². The van der Waals surface area contributed by atoms with Crippen LogP contribution in [0.2, 0.25) is 0 Å². The Morgan fingerprint density at radius 2 is 0.380 bits per heavy atom. The molecule has 0 aromatic rings. The molecule has 0 aliphatic rings. The van der Waals surface area contributed by atoms with E-state index in [-0.39, 0.29) is 31.1 Å². The maximum Gasteiger partial charge on any atom is 0.306 e. The lowest BCUT2D eigenvalue weighted by Crippen LogP contribution is -2.30. The Labute approximate surface area is 444 Å².